The molecule has 2 amide bonds. The molecule has 0 saturated carbocycles. The molecule has 1 aliphatic rings. The van der Waals surface area contributed by atoms with Gasteiger partial charge in [0, 0.05) is 13.1 Å². The number of carbonyl (C=O) groups is 2. The van der Waals surface area contributed by atoms with Crippen molar-refractivity contribution in [3.05, 3.63) is 28.8 Å². The van der Waals surface area contributed by atoms with Crippen molar-refractivity contribution in [3.8, 4) is 6.07 Å². The highest BCUT2D eigenvalue weighted by Gasteiger charge is 2.42. The van der Waals surface area contributed by atoms with E-state index in [9.17, 15) is 9.59 Å². The molecule has 0 bridgehead atoms. The van der Waals surface area contributed by atoms with Gasteiger partial charge in [-0.2, -0.15) is 5.26 Å². The van der Waals surface area contributed by atoms with Crippen LogP contribution < -0.4 is 5.32 Å². The van der Waals surface area contributed by atoms with E-state index in [0.717, 1.165) is 0 Å². The molecular weight excluding hydrogens is 294 g/mol. The molecule has 1 atom stereocenters. The number of carbonyl (C=O) groups excluding carboxylic acids is 1. The molecule has 0 radical (unpaired) electrons. The molecule has 1 fully saturated rings. The first-order valence-corrected chi connectivity index (χ1v) is 6.72. The summed E-state index contributed by atoms with van der Waals surface area (Å²) in [4.78, 5) is 24.7. The summed E-state index contributed by atoms with van der Waals surface area (Å²) in [6.07, 6.45) is 0.414. The Morgan fingerprint density at radius 3 is 2.76 bits per heavy atom. The predicted octanol–water partition coefficient (Wildman–Crippen LogP) is 2.54. The fraction of sp³-hybridized carbons (Fsp3) is 0.357. The zero-order chi connectivity index (χ0) is 15.6. The van der Waals surface area contributed by atoms with Gasteiger partial charge in [-0.25, -0.2) is 4.79 Å². The molecule has 1 heterocycles. The highest BCUT2D eigenvalue weighted by molar-refractivity contribution is 6.33. The number of nitrogens with zero attached hydrogens (tertiary/aromatic N) is 2. The van der Waals surface area contributed by atoms with Gasteiger partial charge in [-0.05, 0) is 31.5 Å². The van der Waals surface area contributed by atoms with Crippen LogP contribution >= 0.6 is 11.6 Å². The van der Waals surface area contributed by atoms with E-state index in [-0.39, 0.29) is 11.6 Å². The van der Waals surface area contributed by atoms with Crippen LogP contribution in [0.2, 0.25) is 5.02 Å². The number of benzene rings is 1. The van der Waals surface area contributed by atoms with Gasteiger partial charge >= 0.3 is 12.0 Å². The lowest BCUT2D eigenvalue weighted by Crippen LogP contribution is -2.37. The van der Waals surface area contributed by atoms with Gasteiger partial charge in [-0.3, -0.25) is 4.79 Å². The minimum Gasteiger partial charge on any atom is -0.481 e. The van der Waals surface area contributed by atoms with Gasteiger partial charge in [-0.1, -0.05) is 11.6 Å². The summed E-state index contributed by atoms with van der Waals surface area (Å²) >= 11 is 5.99. The molecule has 2 N–H and O–H groups in total. The molecule has 21 heavy (non-hydrogen) atoms. The molecule has 0 aromatic heterocycles. The zero-order valence-electron chi connectivity index (χ0n) is 11.4. The van der Waals surface area contributed by atoms with E-state index in [2.05, 4.69) is 5.32 Å². The molecule has 1 aliphatic heterocycles. The molecule has 1 aromatic carbocycles. The Morgan fingerprint density at radius 2 is 2.24 bits per heavy atom. The van der Waals surface area contributed by atoms with Crippen LogP contribution in [-0.2, 0) is 4.79 Å². The molecule has 110 valence electrons. The monoisotopic (exact) mass is 307 g/mol. The number of nitriles is 1. The molecule has 7 heteroatoms. The van der Waals surface area contributed by atoms with Crippen molar-refractivity contribution in [2.75, 3.05) is 18.4 Å². The highest BCUT2D eigenvalue weighted by Crippen LogP contribution is 2.31. The molecule has 1 aromatic rings. The number of nitrogens with one attached hydrogen (secondary N) is 1. The number of aliphatic carboxylic acids is 1. The van der Waals surface area contributed by atoms with Gasteiger partial charge in [0.05, 0.1) is 27.8 Å². The number of halogens is 1. The maximum absolute atomic E-state index is 12.1. The molecule has 0 aliphatic carbocycles. The topological polar surface area (TPSA) is 93.4 Å². The van der Waals surface area contributed by atoms with E-state index in [4.69, 9.17) is 22.0 Å². The van der Waals surface area contributed by atoms with Gasteiger partial charge in [0.1, 0.15) is 0 Å². The average molecular weight is 308 g/mol. The lowest BCUT2D eigenvalue weighted by molar-refractivity contribution is -0.146. The minimum absolute atomic E-state index is 0.155. The Bertz CT molecular complexity index is 641. The normalized spacial score (nSPS) is 20.9. The number of urea groups is 1. The smallest absolute Gasteiger partial charge is 0.321 e. The maximum Gasteiger partial charge on any atom is 0.321 e. The lowest BCUT2D eigenvalue weighted by Gasteiger charge is -2.20. The van der Waals surface area contributed by atoms with Crippen LogP contribution in [0.25, 0.3) is 0 Å². The second kappa shape index (κ2) is 5.62. The van der Waals surface area contributed by atoms with Crippen LogP contribution in [0.1, 0.15) is 18.9 Å². The van der Waals surface area contributed by atoms with Crippen LogP contribution in [0.15, 0.2) is 18.2 Å². The van der Waals surface area contributed by atoms with E-state index < -0.39 is 17.4 Å². The molecular formula is C14H14ClN3O3. The summed E-state index contributed by atoms with van der Waals surface area (Å²) in [6.45, 7) is 2.15. The van der Waals surface area contributed by atoms with Crippen molar-refractivity contribution in [1.29, 1.82) is 5.26 Å². The number of carboxylic acids is 1. The number of anilines is 1. The Labute approximate surface area is 126 Å². The summed E-state index contributed by atoms with van der Waals surface area (Å²) in [6, 6.07) is 6.11. The van der Waals surface area contributed by atoms with Crippen molar-refractivity contribution < 1.29 is 14.7 Å². The molecule has 2 rings (SSSR count). The number of likely N-dealkylation sites (tertiary alicyclic amines) is 1. The lowest BCUT2D eigenvalue weighted by atomic mass is 9.90. The fourth-order valence-electron chi connectivity index (χ4n) is 2.19. The third kappa shape index (κ3) is 3.09. The Hall–Kier alpha value is -2.26. The van der Waals surface area contributed by atoms with Crippen molar-refractivity contribution in [2.24, 2.45) is 5.41 Å². The summed E-state index contributed by atoms with van der Waals surface area (Å²) in [5.74, 6) is -0.908. The minimum atomic E-state index is -0.911. The van der Waals surface area contributed by atoms with Gasteiger partial charge in [0.2, 0.25) is 0 Å². The third-order valence-electron chi connectivity index (χ3n) is 3.62. The first-order valence-electron chi connectivity index (χ1n) is 6.35. The van der Waals surface area contributed by atoms with Crippen molar-refractivity contribution >= 4 is 29.3 Å². The van der Waals surface area contributed by atoms with Crippen LogP contribution in [0, 0.1) is 16.7 Å². The Kier molecular flexibility index (Phi) is 4.05. The quantitative estimate of drug-likeness (QED) is 0.878. The largest absolute Gasteiger partial charge is 0.481 e. The van der Waals surface area contributed by atoms with E-state index in [1.807, 2.05) is 6.07 Å². The fourth-order valence-corrected chi connectivity index (χ4v) is 2.42. The highest BCUT2D eigenvalue weighted by atomic mass is 35.5. The Morgan fingerprint density at radius 1 is 1.52 bits per heavy atom. The molecule has 1 saturated heterocycles. The zero-order valence-corrected chi connectivity index (χ0v) is 12.1. The van der Waals surface area contributed by atoms with Crippen LogP contribution in [0.5, 0.6) is 0 Å². The van der Waals surface area contributed by atoms with Gasteiger partial charge in [0.25, 0.3) is 0 Å². The standard InChI is InChI=1S/C14H14ClN3O3/c1-14(12(19)20)4-5-18(8-14)13(21)17-11-3-2-9(7-16)6-10(11)15/h2-3,6H,4-5,8H2,1H3,(H,17,21)(H,19,20). The number of rotatable bonds is 2. The second-order valence-electron chi connectivity index (χ2n) is 5.27. The summed E-state index contributed by atoms with van der Waals surface area (Å²) in [5.41, 5.74) is -0.117. The maximum atomic E-state index is 12.1. The van der Waals surface area contributed by atoms with Crippen LogP contribution in [0.3, 0.4) is 0 Å². The molecule has 0 spiro atoms. The Balaban J connectivity index is 2.07. The molecule has 1 unspecified atom stereocenters. The second-order valence-corrected chi connectivity index (χ2v) is 5.68. The summed E-state index contributed by atoms with van der Waals surface area (Å²) in [5, 5.41) is 20.8. The van der Waals surface area contributed by atoms with Gasteiger partial charge in [-0.15, -0.1) is 0 Å². The first kappa shape index (κ1) is 15.1. The number of carboxylic acid groups (broad SMARTS) is 1. The van der Waals surface area contributed by atoms with Gasteiger partial charge < -0.3 is 15.3 Å². The van der Waals surface area contributed by atoms with Crippen molar-refractivity contribution in [1.82, 2.24) is 4.90 Å². The predicted molar refractivity (Wildman–Crippen MR) is 77.1 cm³/mol. The van der Waals surface area contributed by atoms with Crippen molar-refractivity contribution in [3.63, 3.8) is 0 Å². The van der Waals surface area contributed by atoms with Crippen LogP contribution in [0.4, 0.5) is 10.5 Å². The van der Waals surface area contributed by atoms with E-state index in [0.29, 0.717) is 24.2 Å². The van der Waals surface area contributed by atoms with Crippen molar-refractivity contribution in [2.45, 2.75) is 13.3 Å². The number of hydrogen-bond acceptors (Lipinski definition) is 3. The van der Waals surface area contributed by atoms with E-state index in [1.54, 1.807) is 19.1 Å². The first-order chi connectivity index (χ1) is 9.85. The van der Waals surface area contributed by atoms with E-state index >= 15 is 0 Å². The van der Waals surface area contributed by atoms with Gasteiger partial charge in [0.15, 0.2) is 0 Å². The SMILES string of the molecule is CC1(C(=O)O)CCN(C(=O)Nc2ccc(C#N)cc2Cl)C1. The van der Waals surface area contributed by atoms with E-state index in [1.165, 1.54) is 11.0 Å². The van der Waals surface area contributed by atoms with Crippen LogP contribution in [-0.4, -0.2) is 35.1 Å². The third-order valence-corrected chi connectivity index (χ3v) is 3.93. The number of amides is 2. The summed E-state index contributed by atoms with van der Waals surface area (Å²) < 4.78 is 0. The molecule has 6 nitrogen and oxygen atoms in total. The summed E-state index contributed by atoms with van der Waals surface area (Å²) in [7, 11) is 0. The number of hydrogen-bond donors (Lipinski definition) is 2. The average Bonchev–Trinajstić information content (AvgIpc) is 2.85.